The van der Waals surface area contributed by atoms with Gasteiger partial charge in [0.2, 0.25) is 0 Å². The monoisotopic (exact) mass is 516 g/mol. The van der Waals surface area contributed by atoms with E-state index in [0.29, 0.717) is 0 Å². The molecule has 0 unspecified atom stereocenters. The second-order valence-electron chi connectivity index (χ2n) is 8.01. The smallest absolute Gasteiger partial charge is 0.284 e. The molecule has 8 nitrogen and oxygen atoms in total. The summed E-state index contributed by atoms with van der Waals surface area (Å²) in [6.07, 6.45) is 0. The minimum atomic E-state index is -3.11. The van der Waals surface area contributed by atoms with Gasteiger partial charge in [-0.1, -0.05) is 45.9 Å². The molecule has 0 radical (unpaired) electrons. The predicted octanol–water partition coefficient (Wildman–Crippen LogP) is 0.936. The minimum absolute atomic E-state index is 0. The number of para-hydroxylation sites is 1. The molecule has 2 heterocycles. The van der Waals surface area contributed by atoms with Crippen molar-refractivity contribution in [2.45, 2.75) is 52.4 Å². The zero-order valence-corrected chi connectivity index (χ0v) is 24.5. The van der Waals surface area contributed by atoms with Crippen LogP contribution < -0.4 is 51.4 Å². The largest absolute Gasteiger partial charge is 1.00 e. The Bertz CT molecular complexity index is 1150. The molecule has 172 valence electrons. The van der Waals surface area contributed by atoms with E-state index in [2.05, 4.69) is 75.8 Å². The standard InChI is InChI=1S/C11H13N.C11H12N.K.2O3S/c2*1-8-11(2,3)9-6-4-5-7-10(9)12-8;;2*1-4(2)3/h4-7H,1-3H3;5-7H,1-3H3;;;/q;-1;+1;;. The van der Waals surface area contributed by atoms with Crippen molar-refractivity contribution >= 4 is 44.0 Å². The Labute approximate surface area is 240 Å². The summed E-state index contributed by atoms with van der Waals surface area (Å²) in [6, 6.07) is 17.4. The molecular formula is C22H25KN2O6S2. The first kappa shape index (κ1) is 31.7. The van der Waals surface area contributed by atoms with E-state index in [4.69, 9.17) is 25.3 Å². The van der Waals surface area contributed by atoms with Crippen molar-refractivity contribution in [3.05, 3.63) is 59.7 Å². The first-order chi connectivity index (χ1) is 14.7. The fraction of sp³-hybridized carbons (Fsp3) is 0.364. The Morgan fingerprint density at radius 3 is 1.52 bits per heavy atom. The molecule has 0 N–H and O–H groups in total. The molecule has 0 fully saturated rings. The molecule has 11 heteroatoms. The number of benzene rings is 2. The Hall–Kier alpha value is -1.34. The van der Waals surface area contributed by atoms with Crippen LogP contribution in [0.2, 0.25) is 0 Å². The van der Waals surface area contributed by atoms with Crippen LogP contribution in [-0.4, -0.2) is 36.7 Å². The molecule has 0 bridgehead atoms. The molecule has 2 aromatic carbocycles. The summed E-state index contributed by atoms with van der Waals surface area (Å²) >= 11 is 0. The number of hydrogen-bond donors (Lipinski definition) is 0. The van der Waals surface area contributed by atoms with Gasteiger partial charge >= 0.3 is 72.6 Å². The molecule has 0 aromatic heterocycles. The quantitative estimate of drug-likeness (QED) is 0.379. The van der Waals surface area contributed by atoms with Gasteiger partial charge in [-0.2, -0.15) is 18.2 Å². The molecule has 0 atom stereocenters. The van der Waals surface area contributed by atoms with Gasteiger partial charge in [0.25, 0.3) is 0 Å². The van der Waals surface area contributed by atoms with Gasteiger partial charge < -0.3 is 0 Å². The maximum atomic E-state index is 8.44. The Morgan fingerprint density at radius 1 is 0.697 bits per heavy atom. The van der Waals surface area contributed by atoms with Crippen LogP contribution in [0.4, 0.5) is 11.4 Å². The van der Waals surface area contributed by atoms with Crippen LogP contribution in [-0.2, 0) is 32.0 Å². The van der Waals surface area contributed by atoms with Gasteiger partial charge in [-0.15, -0.1) is 36.9 Å². The summed E-state index contributed by atoms with van der Waals surface area (Å²) in [7, 11) is -6.22. The van der Waals surface area contributed by atoms with Crippen LogP contribution in [0, 0.1) is 6.07 Å². The Morgan fingerprint density at radius 2 is 1.09 bits per heavy atom. The zero-order chi connectivity index (χ0) is 24.7. The van der Waals surface area contributed by atoms with Gasteiger partial charge in [0.15, 0.2) is 0 Å². The number of rotatable bonds is 0. The van der Waals surface area contributed by atoms with E-state index in [1.165, 1.54) is 22.6 Å². The molecule has 0 saturated carbocycles. The van der Waals surface area contributed by atoms with E-state index in [1.807, 2.05) is 24.3 Å². The molecule has 4 rings (SSSR count). The second-order valence-corrected chi connectivity index (χ2v) is 8.83. The van der Waals surface area contributed by atoms with E-state index in [-0.39, 0.29) is 62.2 Å². The van der Waals surface area contributed by atoms with Crippen molar-refractivity contribution in [3.63, 3.8) is 0 Å². The van der Waals surface area contributed by atoms with E-state index in [9.17, 15) is 0 Å². The minimum Gasteiger partial charge on any atom is -0.284 e. The normalized spacial score (nSPS) is 15.1. The summed E-state index contributed by atoms with van der Waals surface area (Å²) in [5, 5.41) is 0. The molecule has 0 aliphatic carbocycles. The van der Waals surface area contributed by atoms with Crippen molar-refractivity contribution in [3.8, 4) is 0 Å². The van der Waals surface area contributed by atoms with Crippen molar-refractivity contribution in [1.82, 2.24) is 0 Å². The average molecular weight is 517 g/mol. The summed E-state index contributed by atoms with van der Waals surface area (Å²) in [5.74, 6) is 0. The van der Waals surface area contributed by atoms with E-state index in [0.717, 1.165) is 11.4 Å². The van der Waals surface area contributed by atoms with Crippen LogP contribution in [0.25, 0.3) is 0 Å². The van der Waals surface area contributed by atoms with Gasteiger partial charge in [0, 0.05) is 16.8 Å². The SMILES string of the molecule is CC1=Nc2cc[c-]cc2C1(C)C.CC1=Nc2ccccc2C1(C)C.O=S(=O)=O.O=S(=O)=O.[K+]. The maximum Gasteiger partial charge on any atom is 1.00 e. The summed E-state index contributed by atoms with van der Waals surface area (Å²) in [6.45, 7) is 13.0. The second kappa shape index (κ2) is 13.5. The van der Waals surface area contributed by atoms with E-state index < -0.39 is 21.2 Å². The van der Waals surface area contributed by atoms with Crippen molar-refractivity contribution < 1.29 is 76.6 Å². The van der Waals surface area contributed by atoms with Crippen molar-refractivity contribution in [2.24, 2.45) is 9.98 Å². The summed E-state index contributed by atoms with van der Waals surface area (Å²) in [5.41, 5.74) is 7.53. The third kappa shape index (κ3) is 9.08. The molecule has 0 saturated heterocycles. The molecule has 0 amide bonds. The number of aliphatic imine (C=N–C) groups is 2. The van der Waals surface area contributed by atoms with Gasteiger partial charge in [-0.05, 0) is 36.6 Å². The average Bonchev–Trinajstić information content (AvgIpc) is 3.04. The molecular weight excluding hydrogens is 491 g/mol. The Kier molecular flexibility index (Phi) is 13.0. The summed E-state index contributed by atoms with van der Waals surface area (Å²) < 4.78 is 50.7. The van der Waals surface area contributed by atoms with Crippen LogP contribution in [0.15, 0.2) is 52.4 Å². The van der Waals surface area contributed by atoms with Crippen LogP contribution >= 0.6 is 0 Å². The van der Waals surface area contributed by atoms with Crippen molar-refractivity contribution in [1.29, 1.82) is 0 Å². The van der Waals surface area contributed by atoms with Gasteiger partial charge in [-0.3, -0.25) is 9.98 Å². The van der Waals surface area contributed by atoms with Crippen LogP contribution in [0.3, 0.4) is 0 Å². The molecule has 2 aliphatic heterocycles. The first-order valence-electron chi connectivity index (χ1n) is 9.46. The van der Waals surface area contributed by atoms with Crippen molar-refractivity contribution in [2.75, 3.05) is 0 Å². The van der Waals surface area contributed by atoms with E-state index >= 15 is 0 Å². The summed E-state index contributed by atoms with van der Waals surface area (Å²) in [4.78, 5) is 9.02. The zero-order valence-electron chi connectivity index (χ0n) is 19.7. The van der Waals surface area contributed by atoms with E-state index in [1.54, 1.807) is 0 Å². The number of nitrogens with zero attached hydrogens (tertiary/aromatic N) is 2. The number of fused-ring (bicyclic) bond motifs is 2. The fourth-order valence-corrected chi connectivity index (χ4v) is 3.15. The van der Waals surface area contributed by atoms with Gasteiger partial charge in [-0.25, -0.2) is 0 Å². The topological polar surface area (TPSA) is 127 Å². The number of hydrogen-bond acceptors (Lipinski definition) is 8. The fourth-order valence-electron chi connectivity index (χ4n) is 3.15. The third-order valence-corrected chi connectivity index (χ3v) is 5.48. The maximum absolute atomic E-state index is 8.44. The van der Waals surface area contributed by atoms with Gasteiger partial charge in [0.05, 0.1) is 5.69 Å². The third-order valence-electron chi connectivity index (χ3n) is 5.48. The first-order valence-corrected chi connectivity index (χ1v) is 11.5. The molecule has 0 spiro atoms. The molecule has 2 aliphatic rings. The Balaban J connectivity index is 0.000000462. The predicted molar refractivity (Wildman–Crippen MR) is 123 cm³/mol. The molecule has 2 aromatic rings. The van der Waals surface area contributed by atoms with Crippen LogP contribution in [0.1, 0.15) is 52.7 Å². The van der Waals surface area contributed by atoms with Crippen LogP contribution in [0.5, 0.6) is 0 Å². The molecule has 33 heavy (non-hydrogen) atoms. The van der Waals surface area contributed by atoms with Gasteiger partial charge in [0.1, 0.15) is 0 Å².